The summed E-state index contributed by atoms with van der Waals surface area (Å²) in [6, 6.07) is 0. The first-order valence-corrected chi connectivity index (χ1v) is 14.1. The Kier molecular flexibility index (Phi) is 5.12. The van der Waals surface area contributed by atoms with Gasteiger partial charge in [-0.1, -0.05) is 34.6 Å². The van der Waals surface area contributed by atoms with Gasteiger partial charge < -0.3 is 19.8 Å². The number of hydrogen-bond donors (Lipinski definition) is 2. The lowest BCUT2D eigenvalue weighted by Crippen LogP contribution is -2.58. The highest BCUT2D eigenvalue weighted by atomic mass is 16.5. The second kappa shape index (κ2) is 7.26. The molecule has 1 unspecified atom stereocenters. The average molecular weight is 485 g/mol. The Morgan fingerprint density at radius 2 is 1.83 bits per heavy atom. The van der Waals surface area contributed by atoms with Crippen LogP contribution < -0.4 is 0 Å². The van der Waals surface area contributed by atoms with E-state index in [2.05, 4.69) is 34.6 Å². The van der Waals surface area contributed by atoms with Gasteiger partial charge in [0.05, 0.1) is 18.8 Å². The third kappa shape index (κ3) is 2.74. The van der Waals surface area contributed by atoms with Crippen LogP contribution in [0.15, 0.2) is 0 Å². The van der Waals surface area contributed by atoms with Crippen LogP contribution in [0.25, 0.3) is 0 Å². The third-order valence-corrected chi connectivity index (χ3v) is 13.0. The molecule has 5 nitrogen and oxygen atoms in total. The van der Waals surface area contributed by atoms with Gasteiger partial charge in [0, 0.05) is 25.3 Å². The van der Waals surface area contributed by atoms with Gasteiger partial charge >= 0.3 is 0 Å². The van der Waals surface area contributed by atoms with Gasteiger partial charge in [-0.3, -0.25) is 4.79 Å². The number of ether oxygens (including phenoxy) is 1. The highest BCUT2D eigenvalue weighted by Crippen LogP contribution is 2.90. The summed E-state index contributed by atoms with van der Waals surface area (Å²) in [6.07, 6.45) is 9.72. The maximum atomic E-state index is 12.1. The molecule has 2 N–H and O–H groups in total. The molecule has 6 aliphatic rings. The maximum absolute atomic E-state index is 12.1. The van der Waals surface area contributed by atoms with Crippen molar-refractivity contribution in [3.8, 4) is 0 Å². The minimum Gasteiger partial charge on any atom is -0.393 e. The number of nitrogens with zero attached hydrogens (tertiary/aromatic N) is 1. The Balaban J connectivity index is 1.33. The first-order valence-electron chi connectivity index (χ1n) is 14.1. The predicted octanol–water partition coefficient (Wildman–Crippen LogP) is 4.92. The Morgan fingerprint density at radius 1 is 1.11 bits per heavy atom. The van der Waals surface area contributed by atoms with Gasteiger partial charge in [0.25, 0.3) is 0 Å². The van der Waals surface area contributed by atoms with Crippen molar-refractivity contribution in [3.05, 3.63) is 18.1 Å². The molecule has 1 aliphatic heterocycles. The van der Waals surface area contributed by atoms with E-state index in [-0.39, 0.29) is 39.6 Å². The summed E-state index contributed by atoms with van der Waals surface area (Å²) >= 11 is 0. The highest BCUT2D eigenvalue weighted by molar-refractivity contribution is 5.73. The summed E-state index contributed by atoms with van der Waals surface area (Å²) in [4.78, 5) is 13.6. The minimum absolute atomic E-state index is 0.0138. The predicted molar refractivity (Wildman–Crippen MR) is 134 cm³/mol. The lowest BCUT2D eigenvalue weighted by Gasteiger charge is -2.63. The van der Waals surface area contributed by atoms with Crippen LogP contribution in [0.4, 0.5) is 0 Å². The second-order valence-corrected chi connectivity index (χ2v) is 14.5. The molecule has 1 heterocycles. The fourth-order valence-corrected chi connectivity index (χ4v) is 11.0. The van der Waals surface area contributed by atoms with Gasteiger partial charge in [-0.05, 0) is 90.8 Å². The van der Waals surface area contributed by atoms with E-state index in [0.717, 1.165) is 50.7 Å². The molecule has 1 saturated heterocycles. The van der Waals surface area contributed by atoms with Crippen LogP contribution in [-0.4, -0.2) is 46.8 Å². The molecule has 6 fully saturated rings. The first-order chi connectivity index (χ1) is 16.3. The quantitative estimate of drug-likeness (QED) is 0.583. The Bertz CT molecular complexity index is 920. The fraction of sp³-hybridized carbons (Fsp3) is 0.867. The van der Waals surface area contributed by atoms with Crippen molar-refractivity contribution >= 4 is 5.91 Å². The topological polar surface area (TPSA) is 70.0 Å². The third-order valence-electron chi connectivity index (χ3n) is 13.0. The molecule has 195 valence electrons. The lowest BCUT2D eigenvalue weighted by atomic mass is 9.41. The molecule has 5 heteroatoms. The Hall–Kier alpha value is -0.650. The van der Waals surface area contributed by atoms with E-state index in [9.17, 15) is 15.0 Å². The minimum atomic E-state index is -0.596. The van der Waals surface area contributed by atoms with Crippen LogP contribution in [-0.2, 0) is 9.53 Å². The maximum Gasteiger partial charge on any atom is 0.219 e. The van der Waals surface area contributed by atoms with Crippen LogP contribution in [0.3, 0.4) is 0 Å². The van der Waals surface area contributed by atoms with Crippen LogP contribution in [0.1, 0.15) is 92.9 Å². The number of carbonyl (C=O) groups excluding carboxylic acids is 1. The van der Waals surface area contributed by atoms with Gasteiger partial charge in [0.15, 0.2) is 0 Å². The normalized spacial score (nSPS) is 53.1. The van der Waals surface area contributed by atoms with Crippen LogP contribution in [0, 0.1) is 63.0 Å². The molecule has 0 aromatic rings. The number of amides is 1. The van der Waals surface area contributed by atoms with Gasteiger partial charge in [-0.2, -0.15) is 0 Å². The SMILES string of the molecule is CC(=O)N(C)C[C]1C[C@@H](C)[C@H]2[C](O1)[C@H](O)[C@@]1(C)[C]3CC[C@H]4C(C)(C)C(O)CC[C@@]45C[C@@]35CC[C@]21C. The van der Waals surface area contributed by atoms with Crippen molar-refractivity contribution in [1.29, 1.82) is 0 Å². The molecular weight excluding hydrogens is 438 g/mol. The molecular formula is C30H46NO4. The van der Waals surface area contributed by atoms with Crippen LogP contribution >= 0.6 is 0 Å². The standard InChI is InChI=1S/C30H46NO4/c1-17-14-19(15-31(7)18(2)32)35-24-23(17)27(5)12-13-30-16-29(30)11-10-22(33)26(3,4)20(29)8-9-21(30)28(27,6)25(24)34/h17,20,22-23,25,33-34H,8-16H2,1-7H3/t17-,20+,22?,23+,25+,27-,28-,29-,30+/m1/s1. The zero-order chi connectivity index (χ0) is 25.3. The molecule has 9 atom stereocenters. The van der Waals surface area contributed by atoms with E-state index >= 15 is 0 Å². The number of likely N-dealkylation sites (N-methyl/N-ethyl adjacent to an activating group) is 1. The monoisotopic (exact) mass is 484 g/mol. The summed E-state index contributed by atoms with van der Waals surface area (Å²) in [6.45, 7) is 13.8. The van der Waals surface area contributed by atoms with E-state index in [1.165, 1.54) is 12.8 Å². The molecule has 5 saturated carbocycles. The zero-order valence-corrected chi connectivity index (χ0v) is 22.9. The molecule has 6 rings (SSSR count). The summed E-state index contributed by atoms with van der Waals surface area (Å²) in [5, 5.41) is 23.0. The summed E-state index contributed by atoms with van der Waals surface area (Å²) in [5.41, 5.74) is 0.230. The molecule has 0 aromatic heterocycles. The Morgan fingerprint density at radius 3 is 2.51 bits per heavy atom. The molecule has 5 aliphatic carbocycles. The number of aliphatic hydroxyl groups excluding tert-OH is 2. The van der Waals surface area contributed by atoms with Crippen molar-refractivity contribution in [2.45, 2.75) is 105 Å². The molecule has 3 radical (unpaired) electrons. The number of hydrogen-bond acceptors (Lipinski definition) is 4. The first kappa shape index (κ1) is 24.7. The van der Waals surface area contributed by atoms with E-state index in [0.29, 0.717) is 23.8 Å². The molecule has 1 amide bonds. The number of rotatable bonds is 2. The summed E-state index contributed by atoms with van der Waals surface area (Å²) < 4.78 is 6.56. The smallest absolute Gasteiger partial charge is 0.219 e. The van der Waals surface area contributed by atoms with E-state index < -0.39 is 6.10 Å². The molecule has 35 heavy (non-hydrogen) atoms. The average Bonchev–Trinajstić information content (AvgIpc) is 3.41. The van der Waals surface area contributed by atoms with Crippen molar-refractivity contribution in [2.24, 2.45) is 44.8 Å². The fourth-order valence-electron chi connectivity index (χ4n) is 11.0. The largest absolute Gasteiger partial charge is 0.393 e. The van der Waals surface area contributed by atoms with Gasteiger partial charge in [0.2, 0.25) is 5.91 Å². The molecule has 0 aromatic carbocycles. The molecule has 0 bridgehead atoms. The van der Waals surface area contributed by atoms with Crippen LogP contribution in [0.5, 0.6) is 0 Å². The lowest BCUT2D eigenvalue weighted by molar-refractivity contribution is -0.129. The Labute approximate surface area is 212 Å². The van der Waals surface area contributed by atoms with Gasteiger partial charge in [0.1, 0.15) is 12.2 Å². The number of fused-ring (bicyclic) bond motifs is 4. The summed E-state index contributed by atoms with van der Waals surface area (Å²) in [7, 11) is 1.82. The van der Waals surface area contributed by atoms with Gasteiger partial charge in [-0.15, -0.1) is 0 Å². The van der Waals surface area contributed by atoms with Crippen molar-refractivity contribution in [3.63, 3.8) is 0 Å². The van der Waals surface area contributed by atoms with Crippen LogP contribution in [0.2, 0.25) is 0 Å². The number of carbonyl (C=O) groups is 1. The summed E-state index contributed by atoms with van der Waals surface area (Å²) in [5.74, 6) is 2.87. The van der Waals surface area contributed by atoms with Gasteiger partial charge in [-0.25, -0.2) is 0 Å². The van der Waals surface area contributed by atoms with Crippen molar-refractivity contribution in [1.82, 2.24) is 4.90 Å². The number of aliphatic hydroxyl groups is 2. The van der Waals surface area contributed by atoms with E-state index in [1.54, 1.807) is 17.7 Å². The van der Waals surface area contributed by atoms with Crippen molar-refractivity contribution < 1.29 is 19.7 Å². The second-order valence-electron chi connectivity index (χ2n) is 14.5. The molecule has 2 spiro atoms. The van der Waals surface area contributed by atoms with Crippen molar-refractivity contribution in [2.75, 3.05) is 13.6 Å². The highest BCUT2D eigenvalue weighted by Gasteiger charge is 2.85. The van der Waals surface area contributed by atoms with E-state index in [1.807, 2.05) is 7.05 Å². The van der Waals surface area contributed by atoms with E-state index in [4.69, 9.17) is 4.74 Å². The zero-order valence-electron chi connectivity index (χ0n) is 22.9.